The highest BCUT2D eigenvalue weighted by atomic mass is 32.1. The minimum Gasteiger partial charge on any atom is -0.481 e. The minimum absolute atomic E-state index is 0.0223. The third-order valence-electron chi connectivity index (χ3n) is 21.1. The van der Waals surface area contributed by atoms with E-state index >= 15 is 0 Å². The molecule has 0 fully saturated rings. The van der Waals surface area contributed by atoms with Crippen LogP contribution in [0.2, 0.25) is 0 Å². The van der Waals surface area contributed by atoms with Crippen molar-refractivity contribution >= 4 is 155 Å². The second-order valence-electron chi connectivity index (χ2n) is 33.6. The van der Waals surface area contributed by atoms with Gasteiger partial charge in [0.15, 0.2) is 17.9 Å². The van der Waals surface area contributed by atoms with Crippen molar-refractivity contribution in [2.45, 2.75) is 287 Å². The van der Waals surface area contributed by atoms with Crippen molar-refractivity contribution in [3.8, 4) is 0 Å². The van der Waals surface area contributed by atoms with Gasteiger partial charge < -0.3 is 177 Å². The average Bonchev–Trinajstić information content (AvgIpc) is 0.844. The third-order valence-corrected chi connectivity index (χ3v) is 21.5. The molecule has 0 bridgehead atoms. The molecule has 0 aliphatic rings. The first-order valence-electron chi connectivity index (χ1n) is 45.1. The molecule has 0 radical (unpaired) electrons. The molecule has 0 aromatic heterocycles. The summed E-state index contributed by atoms with van der Waals surface area (Å²) in [5.41, 5.74) is 38.8. The van der Waals surface area contributed by atoms with Crippen molar-refractivity contribution in [3.63, 3.8) is 0 Å². The summed E-state index contributed by atoms with van der Waals surface area (Å²) in [6.45, 7) is 12.2. The van der Waals surface area contributed by atoms with Crippen LogP contribution in [0.3, 0.4) is 0 Å². The van der Waals surface area contributed by atoms with Crippen LogP contribution in [0, 0.1) is 34.0 Å². The lowest BCUT2D eigenvalue weighted by Gasteiger charge is -2.30. The summed E-state index contributed by atoms with van der Waals surface area (Å²) >= 11 is 3.95. The Morgan fingerprint density at radius 1 is 0.295 bits per heavy atom. The molecule has 139 heavy (non-hydrogen) atoms. The van der Waals surface area contributed by atoms with Crippen molar-refractivity contribution < 1.29 is 126 Å². The first-order valence-corrected chi connectivity index (χ1v) is 45.8. The van der Waals surface area contributed by atoms with Crippen LogP contribution in [0.25, 0.3) is 0 Å². The quantitative estimate of drug-likeness (QED) is 0.0116. The van der Waals surface area contributed by atoms with E-state index in [1.165, 1.54) is 41.5 Å². The molecule has 57 nitrogen and oxygen atoms in total. The zero-order chi connectivity index (χ0) is 106. The highest BCUT2D eigenvalue weighted by Gasteiger charge is 2.41. The van der Waals surface area contributed by atoms with Crippen LogP contribution in [0.1, 0.15) is 172 Å². The highest BCUT2D eigenvalue weighted by Crippen LogP contribution is 2.15. The molecule has 20 atom stereocenters. The van der Waals surface area contributed by atoms with Gasteiger partial charge >= 0.3 is 11.9 Å². The first kappa shape index (κ1) is 126. The summed E-state index contributed by atoms with van der Waals surface area (Å²) in [7, 11) is 0. The van der Waals surface area contributed by atoms with Gasteiger partial charge in [-0.3, -0.25) is 112 Å². The topological polar surface area (TPSA) is 966 Å². The average molecular weight is 2000 g/mol. The number of unbranched alkanes of at least 4 members (excludes halogenated alkanes) is 2. The summed E-state index contributed by atoms with van der Waals surface area (Å²) < 4.78 is 0. The van der Waals surface area contributed by atoms with Gasteiger partial charge in [-0.2, -0.15) is 12.6 Å². The Morgan fingerprint density at radius 2 is 0.532 bits per heavy atom. The Balaban J connectivity index is 6.60. The fraction of sp³-hybridized carbons (Fsp3) is 0.704. The Labute approximate surface area is 808 Å². The van der Waals surface area contributed by atoms with Crippen molar-refractivity contribution in [3.05, 3.63) is 0 Å². The normalized spacial score (nSPS) is 15.4. The Morgan fingerprint density at radius 3 is 0.892 bits per heavy atom. The molecule has 0 saturated carbocycles. The number of amides is 19. The van der Waals surface area contributed by atoms with Crippen molar-refractivity contribution in [2.75, 3.05) is 58.3 Å². The van der Waals surface area contributed by atoms with E-state index in [-0.39, 0.29) is 116 Å². The van der Waals surface area contributed by atoms with E-state index in [0.29, 0.717) is 6.42 Å². The predicted molar refractivity (Wildman–Crippen MR) is 502 cm³/mol. The predicted octanol–water partition coefficient (Wildman–Crippen LogP) is -14.1. The molecule has 58 heteroatoms. The van der Waals surface area contributed by atoms with Gasteiger partial charge in [0, 0.05) is 25.4 Å². The number of rotatable bonds is 69. The van der Waals surface area contributed by atoms with Crippen LogP contribution >= 0.6 is 12.6 Å². The molecule has 0 aliphatic carbocycles. The fourth-order valence-electron chi connectivity index (χ4n) is 12.6. The molecule has 0 unspecified atom stereocenters. The Bertz CT molecular complexity index is 4180. The van der Waals surface area contributed by atoms with Crippen molar-refractivity contribution in [1.29, 1.82) is 16.2 Å². The van der Waals surface area contributed by atoms with Crippen LogP contribution in [-0.2, 0) is 101 Å². The second kappa shape index (κ2) is 66.3. The zero-order valence-electron chi connectivity index (χ0n) is 80.0. The van der Waals surface area contributed by atoms with Crippen LogP contribution in [0.15, 0.2) is 0 Å². The summed E-state index contributed by atoms with van der Waals surface area (Å²) in [5, 5.41) is 122. The number of carbonyl (C=O) groups is 21. The lowest BCUT2D eigenvalue weighted by Crippen LogP contribution is -2.62. The molecular weight excluding hydrogens is 1860 g/mol. The van der Waals surface area contributed by atoms with Gasteiger partial charge in [0.05, 0.1) is 38.7 Å². The van der Waals surface area contributed by atoms with Crippen LogP contribution < -0.4 is 152 Å². The number of carboxylic acids is 2. The summed E-state index contributed by atoms with van der Waals surface area (Å²) in [5.74, 6) is -26.8. The van der Waals surface area contributed by atoms with Gasteiger partial charge in [-0.1, -0.05) is 48.0 Å². The van der Waals surface area contributed by atoms with Crippen LogP contribution in [0.5, 0.6) is 0 Å². The molecular formula is C81H147N31O26S. The van der Waals surface area contributed by atoms with Crippen LogP contribution in [0.4, 0.5) is 0 Å². The summed E-state index contributed by atoms with van der Waals surface area (Å²) in [6, 6.07) is -30.0. The van der Waals surface area contributed by atoms with Gasteiger partial charge in [0.2, 0.25) is 112 Å². The van der Waals surface area contributed by atoms with E-state index in [1.54, 1.807) is 13.8 Å². The zero-order valence-corrected chi connectivity index (χ0v) is 80.9. The number of guanidine groups is 3. The van der Waals surface area contributed by atoms with Gasteiger partial charge in [-0.15, -0.1) is 0 Å². The molecule has 0 aromatic carbocycles. The van der Waals surface area contributed by atoms with E-state index in [2.05, 4.69) is 124 Å². The number of thiol groups is 1. The maximum atomic E-state index is 14.4. The number of carbonyl (C=O) groups excluding carboxylic acids is 19. The monoisotopic (exact) mass is 2000 g/mol. The summed E-state index contributed by atoms with van der Waals surface area (Å²) in [6.07, 6.45) is -1.47. The fourth-order valence-corrected chi connectivity index (χ4v) is 12.8. The number of aliphatic hydroxyl groups excluding tert-OH is 3. The molecule has 0 aliphatic heterocycles. The molecule has 43 N–H and O–H groups in total. The molecule has 0 rings (SSSR count). The maximum Gasteiger partial charge on any atom is 0.326 e. The molecule has 0 saturated heterocycles. The van der Waals surface area contributed by atoms with E-state index in [9.17, 15) is 126 Å². The lowest BCUT2D eigenvalue weighted by molar-refractivity contribution is -0.144. The Kier molecular flexibility index (Phi) is 60.0. The largest absolute Gasteiger partial charge is 0.481 e. The molecule has 0 spiro atoms. The number of primary amides is 1. The van der Waals surface area contributed by atoms with Crippen molar-refractivity contribution in [2.24, 2.45) is 57.9 Å². The SMILES string of the molecule is CC[C@H](C)[C@H](NC(=O)[C@H](CO)NC(=O)[C@H](C)NC(=O)[C@H](C)NC(=O)[C@H](CC(N)=O)NC(=O)[C@H](CCCCN)NC(=O)[C@H](CCCNC(=N)N)NC(=O)[C@H](C)NC(=O)[C@H](CCCNC(=N)N)NC(=O)[C@H](CO)NC(=O)[C@@H](N)CS)C(=O)N[C@@H](CCCCN)C(=O)N[C@H](C(=O)N[C@@H](C)C(=O)N[C@H](C(=O)N[C@@H](CO)C(=O)N[C@@H](C)C(=O)N[C@@H](CC(=O)O)C(=O)N[C@@H](CCCNC(=N)N)C(=O)O)C(C)C)C(C)C. The molecule has 0 heterocycles. The van der Waals surface area contributed by atoms with Gasteiger partial charge in [-0.05, 0) is 143 Å². The summed E-state index contributed by atoms with van der Waals surface area (Å²) in [4.78, 5) is 284. The van der Waals surface area contributed by atoms with E-state index in [1.807, 2.05) is 0 Å². The van der Waals surface area contributed by atoms with Crippen molar-refractivity contribution in [1.82, 2.24) is 112 Å². The first-order chi connectivity index (χ1) is 65.1. The van der Waals surface area contributed by atoms with Crippen LogP contribution in [-0.4, -0.2) is 341 Å². The van der Waals surface area contributed by atoms with Gasteiger partial charge in [0.25, 0.3) is 0 Å². The number of nitrogens with two attached hydrogens (primary N) is 7. The van der Waals surface area contributed by atoms with E-state index in [0.717, 1.165) is 20.8 Å². The molecule has 19 amide bonds. The lowest BCUT2D eigenvalue weighted by atomic mass is 9.96. The number of aliphatic carboxylic acids is 2. The third kappa shape index (κ3) is 49.1. The van der Waals surface area contributed by atoms with Gasteiger partial charge in [-0.25, -0.2) is 4.79 Å². The number of aliphatic hydroxyl groups is 3. The van der Waals surface area contributed by atoms with Gasteiger partial charge in [0.1, 0.15) is 109 Å². The second-order valence-corrected chi connectivity index (χ2v) is 33.9. The number of carboxylic acid groups (broad SMARTS) is 2. The maximum absolute atomic E-state index is 14.4. The number of hydrogen-bond donors (Lipinski definition) is 37. The smallest absolute Gasteiger partial charge is 0.326 e. The van der Waals surface area contributed by atoms with E-state index in [4.69, 9.17) is 56.4 Å². The van der Waals surface area contributed by atoms with E-state index < -0.39 is 307 Å². The minimum atomic E-state index is -1.88. The molecule has 0 aromatic rings. The number of hydrogen-bond acceptors (Lipinski definition) is 31. The number of nitrogens with one attached hydrogen (secondary N) is 24. The Hall–Kier alpha value is -13.2. The highest BCUT2D eigenvalue weighted by molar-refractivity contribution is 7.80. The standard InChI is InChI=1S/C81H147N31O26S/c1-12-38(6)59(77(136)103-46(21-14-16-26-83)69(128)111-57(36(2)3)75(134)99-43(11)64(123)110-58(37(4)5)76(135)109-52(32-113)72(131)98-42(10)62(121)105-51(31-56(117)118)71(130)104-49(78(137)138)24-19-29-94-81(90)91)112-74(133)54(34-115)107-63(122)40(8)95-60(119)39(7)97-70(129)50(30-55(85)116)106-68(127)45(20-13-15-25-82)101-67(126)48(23-18-28-93-80(88)89)100-61(120)41(9)96-66(125)47(22-17-27-92-79(86)87)102-73(132)53(33-114)108-65(124)44(84)35-139/h36-54,57-59,113-115,139H,12-35,82-84H2,1-11H3,(H2,85,116)(H,95,119)(H,96,125)(H,97,129)(H,98,131)(H,99,134)(H,100,120)(H,101,126)(H,102,132)(H,103,136)(H,104,130)(H,105,121)(H,106,127)(H,107,122)(H,108,124)(H,109,135)(H,110,123)(H,111,128)(H,112,133)(H,117,118)(H,137,138)(H4,86,87,92)(H4,88,89,93)(H4,90,91,94)/t38-,39-,40-,41-,42-,43-,44-,45-,46-,47-,48-,49-,50-,51-,52-,53-,54-,57-,58-,59-/m0/s1. The molecule has 788 valence electrons.